The highest BCUT2D eigenvalue weighted by atomic mass is 32.1. The molecular formula is C15H17N3O3S. The van der Waals surface area contributed by atoms with Gasteiger partial charge in [0.2, 0.25) is 12.7 Å². The molecule has 7 heteroatoms. The van der Waals surface area contributed by atoms with Crippen LogP contribution in [0, 0.1) is 5.92 Å². The lowest BCUT2D eigenvalue weighted by molar-refractivity contribution is -0.119. The Hall–Kier alpha value is -2.12. The standard InChI is InChI=1S/C15H17N3O3S/c1-9(6-16-2)14(19)18-15-17-11(7-22-15)10-3-4-12-13(5-10)21-8-20-12/h3-5,7,9,16H,6,8H2,1-2H3,(H,17,18,19). The van der Waals surface area contributed by atoms with Crippen LogP contribution >= 0.6 is 11.3 Å². The van der Waals surface area contributed by atoms with Gasteiger partial charge in [0.25, 0.3) is 0 Å². The molecule has 2 aromatic rings. The molecule has 6 nitrogen and oxygen atoms in total. The summed E-state index contributed by atoms with van der Waals surface area (Å²) in [6.07, 6.45) is 0. The summed E-state index contributed by atoms with van der Waals surface area (Å²) < 4.78 is 10.7. The monoisotopic (exact) mass is 319 g/mol. The van der Waals surface area contributed by atoms with E-state index in [2.05, 4.69) is 15.6 Å². The van der Waals surface area contributed by atoms with Gasteiger partial charge in [-0.3, -0.25) is 4.79 Å². The third kappa shape index (κ3) is 3.05. The fourth-order valence-electron chi connectivity index (χ4n) is 2.15. The Kier molecular flexibility index (Phi) is 4.26. The zero-order chi connectivity index (χ0) is 15.5. The van der Waals surface area contributed by atoms with E-state index >= 15 is 0 Å². The van der Waals surface area contributed by atoms with Crippen LogP contribution in [-0.2, 0) is 4.79 Å². The van der Waals surface area contributed by atoms with E-state index in [1.807, 2.05) is 37.6 Å². The fourth-order valence-corrected chi connectivity index (χ4v) is 2.87. The summed E-state index contributed by atoms with van der Waals surface area (Å²) in [4.78, 5) is 16.4. The van der Waals surface area contributed by atoms with E-state index < -0.39 is 0 Å². The lowest BCUT2D eigenvalue weighted by Crippen LogP contribution is -2.28. The van der Waals surface area contributed by atoms with E-state index in [4.69, 9.17) is 9.47 Å². The number of benzene rings is 1. The maximum Gasteiger partial charge on any atom is 0.231 e. The van der Waals surface area contributed by atoms with Gasteiger partial charge in [0.1, 0.15) is 0 Å². The van der Waals surface area contributed by atoms with Gasteiger partial charge in [-0.05, 0) is 25.2 Å². The van der Waals surface area contributed by atoms with Crippen LogP contribution in [0.3, 0.4) is 0 Å². The third-order valence-electron chi connectivity index (χ3n) is 3.36. The minimum atomic E-state index is -0.108. The van der Waals surface area contributed by atoms with Crippen LogP contribution < -0.4 is 20.1 Å². The van der Waals surface area contributed by atoms with Gasteiger partial charge >= 0.3 is 0 Å². The Labute approximate surface area is 132 Å². The van der Waals surface area contributed by atoms with Crippen molar-refractivity contribution in [1.82, 2.24) is 10.3 Å². The lowest BCUT2D eigenvalue weighted by atomic mass is 10.1. The molecule has 0 fully saturated rings. The second kappa shape index (κ2) is 6.33. The van der Waals surface area contributed by atoms with Crippen LogP contribution in [-0.4, -0.2) is 31.3 Å². The number of thiazole rings is 1. The molecule has 0 aliphatic carbocycles. The number of hydrogen-bond acceptors (Lipinski definition) is 6. The molecule has 0 spiro atoms. The van der Waals surface area contributed by atoms with E-state index in [1.165, 1.54) is 11.3 Å². The van der Waals surface area contributed by atoms with E-state index in [-0.39, 0.29) is 18.6 Å². The van der Waals surface area contributed by atoms with Gasteiger partial charge in [0.15, 0.2) is 16.6 Å². The Balaban J connectivity index is 1.72. The van der Waals surface area contributed by atoms with Crippen LogP contribution in [0.15, 0.2) is 23.6 Å². The molecule has 1 aliphatic heterocycles. The van der Waals surface area contributed by atoms with E-state index in [1.54, 1.807) is 0 Å². The van der Waals surface area contributed by atoms with Crippen molar-refractivity contribution in [3.63, 3.8) is 0 Å². The molecule has 22 heavy (non-hydrogen) atoms. The first kappa shape index (κ1) is 14.8. The minimum Gasteiger partial charge on any atom is -0.454 e. The maximum absolute atomic E-state index is 12.0. The molecule has 0 saturated carbocycles. The molecule has 2 heterocycles. The summed E-state index contributed by atoms with van der Waals surface area (Å²) >= 11 is 1.41. The van der Waals surface area contributed by atoms with Crippen LogP contribution in [0.5, 0.6) is 11.5 Å². The number of fused-ring (bicyclic) bond motifs is 1. The highest BCUT2D eigenvalue weighted by Gasteiger charge is 2.17. The summed E-state index contributed by atoms with van der Waals surface area (Å²) in [5.41, 5.74) is 1.74. The van der Waals surface area contributed by atoms with Gasteiger partial charge in [-0.25, -0.2) is 4.98 Å². The molecule has 0 radical (unpaired) electrons. The predicted molar refractivity (Wildman–Crippen MR) is 85.4 cm³/mol. The van der Waals surface area contributed by atoms with Crippen molar-refractivity contribution >= 4 is 22.4 Å². The largest absolute Gasteiger partial charge is 0.454 e. The first-order valence-corrected chi connectivity index (χ1v) is 7.86. The molecule has 1 aromatic heterocycles. The highest BCUT2D eigenvalue weighted by Crippen LogP contribution is 2.36. The molecule has 3 rings (SSSR count). The van der Waals surface area contributed by atoms with Gasteiger partial charge in [-0.1, -0.05) is 6.92 Å². The Morgan fingerprint density at radius 2 is 2.23 bits per heavy atom. The van der Waals surface area contributed by atoms with Crippen molar-refractivity contribution < 1.29 is 14.3 Å². The first-order valence-electron chi connectivity index (χ1n) is 6.98. The number of carbonyl (C=O) groups is 1. The average Bonchev–Trinajstić information content (AvgIpc) is 3.15. The van der Waals surface area contributed by atoms with Gasteiger partial charge in [-0.15, -0.1) is 11.3 Å². The summed E-state index contributed by atoms with van der Waals surface area (Å²) in [6, 6.07) is 5.69. The van der Waals surface area contributed by atoms with Gasteiger partial charge in [0.05, 0.1) is 5.69 Å². The number of hydrogen-bond donors (Lipinski definition) is 2. The van der Waals surface area contributed by atoms with Crippen LogP contribution in [0.25, 0.3) is 11.3 Å². The number of aromatic nitrogens is 1. The van der Waals surface area contributed by atoms with Gasteiger partial charge in [0, 0.05) is 23.4 Å². The minimum absolute atomic E-state index is 0.0408. The second-order valence-electron chi connectivity index (χ2n) is 5.05. The molecule has 2 N–H and O–H groups in total. The number of rotatable bonds is 5. The molecule has 1 aromatic carbocycles. The number of amides is 1. The topological polar surface area (TPSA) is 72.5 Å². The van der Waals surface area contributed by atoms with Crippen molar-refractivity contribution in [3.05, 3.63) is 23.6 Å². The fraction of sp³-hybridized carbons (Fsp3) is 0.333. The molecule has 1 atom stereocenters. The quantitative estimate of drug-likeness (QED) is 0.885. The molecular weight excluding hydrogens is 302 g/mol. The Bertz CT molecular complexity index is 686. The molecule has 1 unspecified atom stereocenters. The highest BCUT2D eigenvalue weighted by molar-refractivity contribution is 7.14. The SMILES string of the molecule is CNCC(C)C(=O)Nc1nc(-c2ccc3c(c2)OCO3)cs1. The Morgan fingerprint density at radius 1 is 1.41 bits per heavy atom. The van der Waals surface area contributed by atoms with E-state index in [0.29, 0.717) is 11.7 Å². The zero-order valence-electron chi connectivity index (χ0n) is 12.4. The van der Waals surface area contributed by atoms with E-state index in [9.17, 15) is 4.79 Å². The molecule has 1 amide bonds. The smallest absolute Gasteiger partial charge is 0.231 e. The van der Waals surface area contributed by atoms with Crippen LogP contribution in [0.2, 0.25) is 0 Å². The van der Waals surface area contributed by atoms with Crippen molar-refractivity contribution in [2.75, 3.05) is 25.7 Å². The molecule has 0 saturated heterocycles. The number of ether oxygens (including phenoxy) is 2. The average molecular weight is 319 g/mol. The summed E-state index contributed by atoms with van der Waals surface area (Å²) in [6.45, 7) is 2.75. The van der Waals surface area contributed by atoms with Gasteiger partial charge < -0.3 is 20.1 Å². The number of nitrogens with one attached hydrogen (secondary N) is 2. The van der Waals surface area contributed by atoms with Crippen molar-refractivity contribution in [2.45, 2.75) is 6.92 Å². The number of anilines is 1. The van der Waals surface area contributed by atoms with Crippen molar-refractivity contribution in [3.8, 4) is 22.8 Å². The normalized spacial score (nSPS) is 13.9. The van der Waals surface area contributed by atoms with Gasteiger partial charge in [-0.2, -0.15) is 0 Å². The zero-order valence-corrected chi connectivity index (χ0v) is 13.2. The van der Waals surface area contributed by atoms with Crippen LogP contribution in [0.4, 0.5) is 5.13 Å². The predicted octanol–water partition coefficient (Wildman–Crippen LogP) is 2.33. The third-order valence-corrected chi connectivity index (χ3v) is 4.12. The summed E-state index contributed by atoms with van der Waals surface area (Å²) in [5, 5.41) is 8.34. The lowest BCUT2D eigenvalue weighted by Gasteiger charge is -2.09. The molecule has 0 bridgehead atoms. The summed E-state index contributed by atoms with van der Waals surface area (Å²) in [5.74, 6) is 1.32. The first-order chi connectivity index (χ1) is 10.7. The summed E-state index contributed by atoms with van der Waals surface area (Å²) in [7, 11) is 1.82. The van der Waals surface area contributed by atoms with E-state index in [0.717, 1.165) is 22.8 Å². The van der Waals surface area contributed by atoms with Crippen molar-refractivity contribution in [2.24, 2.45) is 5.92 Å². The molecule has 116 valence electrons. The van der Waals surface area contributed by atoms with Crippen molar-refractivity contribution in [1.29, 1.82) is 0 Å². The number of nitrogens with zero attached hydrogens (tertiary/aromatic N) is 1. The Morgan fingerprint density at radius 3 is 3.05 bits per heavy atom. The number of carbonyl (C=O) groups excluding carboxylic acids is 1. The van der Waals surface area contributed by atoms with Crippen LogP contribution in [0.1, 0.15) is 6.92 Å². The molecule has 1 aliphatic rings. The second-order valence-corrected chi connectivity index (χ2v) is 5.91. The maximum atomic E-state index is 12.0.